The number of fused-ring (bicyclic) bond motifs is 1. The lowest BCUT2D eigenvalue weighted by Gasteiger charge is -2.35. The molecule has 0 radical (unpaired) electrons. The molecule has 0 saturated carbocycles. The number of esters is 1. The quantitative estimate of drug-likeness (QED) is 0.0523. The summed E-state index contributed by atoms with van der Waals surface area (Å²) in [6.07, 6.45) is 23.2. The van der Waals surface area contributed by atoms with Gasteiger partial charge < -0.3 is 15.4 Å². The summed E-state index contributed by atoms with van der Waals surface area (Å²) in [7, 11) is 0. The van der Waals surface area contributed by atoms with Gasteiger partial charge in [0.05, 0.1) is 6.42 Å². The second-order valence-electron chi connectivity index (χ2n) is 14.2. The summed E-state index contributed by atoms with van der Waals surface area (Å²) >= 11 is 1.84. The molecule has 2 amide bonds. The van der Waals surface area contributed by atoms with Crippen LogP contribution in [0.5, 0.6) is 5.75 Å². The molecule has 50 heavy (non-hydrogen) atoms. The highest BCUT2D eigenvalue weighted by Crippen LogP contribution is 2.32. The fraction of sp³-hybridized carbons (Fsp3) is 0.690. The van der Waals surface area contributed by atoms with E-state index in [0.29, 0.717) is 31.2 Å². The Bertz CT molecular complexity index is 1220. The minimum atomic E-state index is -0.284. The number of nitrogens with one attached hydrogen (secondary N) is 2. The van der Waals surface area contributed by atoms with Gasteiger partial charge in [0.1, 0.15) is 5.75 Å². The molecule has 2 N–H and O–H groups in total. The minimum Gasteiger partial charge on any atom is -0.426 e. The number of thiophene rings is 1. The van der Waals surface area contributed by atoms with Crippen molar-refractivity contribution in [2.75, 3.05) is 26.2 Å². The topological polar surface area (TPSA) is 87.7 Å². The van der Waals surface area contributed by atoms with Crippen LogP contribution in [0.2, 0.25) is 0 Å². The van der Waals surface area contributed by atoms with E-state index in [9.17, 15) is 14.4 Å². The van der Waals surface area contributed by atoms with Gasteiger partial charge in [0.15, 0.2) is 0 Å². The SMILES string of the molecule is CCCNC(=O)CCCCCCCCCCCCCCCC(=O)NCCC(=O)Oc1cccc2c1CCC(N(CCC)CCc1cccs1)C2. The van der Waals surface area contributed by atoms with Gasteiger partial charge in [-0.1, -0.05) is 103 Å². The highest BCUT2D eigenvalue weighted by Gasteiger charge is 2.26. The fourth-order valence-electron chi connectivity index (χ4n) is 7.07. The Labute approximate surface area is 307 Å². The van der Waals surface area contributed by atoms with E-state index in [0.717, 1.165) is 83.8 Å². The number of unbranched alkanes of at least 4 members (excludes halogenated alkanes) is 12. The van der Waals surface area contributed by atoms with Crippen LogP contribution in [0.25, 0.3) is 0 Å². The van der Waals surface area contributed by atoms with Crippen LogP contribution in [0.1, 0.15) is 152 Å². The molecular weight excluding hydrogens is 643 g/mol. The van der Waals surface area contributed by atoms with E-state index in [1.165, 1.54) is 73.8 Å². The van der Waals surface area contributed by atoms with Gasteiger partial charge in [-0.25, -0.2) is 0 Å². The molecule has 280 valence electrons. The van der Waals surface area contributed by atoms with Crippen LogP contribution in [-0.2, 0) is 33.6 Å². The molecule has 8 heteroatoms. The molecule has 1 aliphatic rings. The number of nitrogens with zero attached hydrogens (tertiary/aromatic N) is 1. The highest BCUT2D eigenvalue weighted by atomic mass is 32.1. The van der Waals surface area contributed by atoms with E-state index >= 15 is 0 Å². The normalized spacial score (nSPS) is 14.0. The summed E-state index contributed by atoms with van der Waals surface area (Å²) in [5.41, 5.74) is 2.46. The number of carbonyl (C=O) groups is 3. The van der Waals surface area contributed by atoms with Crippen molar-refractivity contribution >= 4 is 29.1 Å². The lowest BCUT2D eigenvalue weighted by atomic mass is 9.86. The summed E-state index contributed by atoms with van der Waals surface area (Å²) in [6.45, 7) is 7.64. The van der Waals surface area contributed by atoms with Crippen molar-refractivity contribution in [2.24, 2.45) is 0 Å². The average molecular weight is 710 g/mol. The van der Waals surface area contributed by atoms with Crippen molar-refractivity contribution < 1.29 is 19.1 Å². The predicted octanol–water partition coefficient (Wildman–Crippen LogP) is 9.35. The summed E-state index contributed by atoms with van der Waals surface area (Å²) in [5, 5.41) is 8.01. The lowest BCUT2D eigenvalue weighted by Crippen LogP contribution is -2.41. The second-order valence-corrected chi connectivity index (χ2v) is 15.2. The molecule has 2 aromatic rings. The van der Waals surface area contributed by atoms with Crippen molar-refractivity contribution in [3.05, 3.63) is 51.7 Å². The molecule has 3 rings (SSSR count). The Kier molecular flexibility index (Phi) is 21.8. The molecule has 0 fully saturated rings. The number of ether oxygens (including phenoxy) is 1. The van der Waals surface area contributed by atoms with Crippen LogP contribution in [0.4, 0.5) is 0 Å². The maximum absolute atomic E-state index is 12.7. The molecular formula is C42H67N3O4S. The summed E-state index contributed by atoms with van der Waals surface area (Å²) in [6, 6.07) is 11.0. The molecule has 1 atom stereocenters. The van der Waals surface area contributed by atoms with Crippen molar-refractivity contribution in [2.45, 2.75) is 161 Å². The van der Waals surface area contributed by atoms with Crippen molar-refractivity contribution in [1.29, 1.82) is 0 Å². The molecule has 1 aliphatic carbocycles. The number of carbonyl (C=O) groups excluding carboxylic acids is 3. The van der Waals surface area contributed by atoms with E-state index in [1.54, 1.807) is 0 Å². The largest absolute Gasteiger partial charge is 0.426 e. The van der Waals surface area contributed by atoms with E-state index in [1.807, 2.05) is 23.5 Å². The molecule has 1 aromatic carbocycles. The van der Waals surface area contributed by atoms with Crippen molar-refractivity contribution in [3.8, 4) is 5.75 Å². The van der Waals surface area contributed by atoms with Gasteiger partial charge in [0.2, 0.25) is 11.8 Å². The van der Waals surface area contributed by atoms with Gasteiger partial charge in [0.25, 0.3) is 0 Å². The van der Waals surface area contributed by atoms with Crippen LogP contribution in [0.15, 0.2) is 35.7 Å². The van der Waals surface area contributed by atoms with Crippen LogP contribution < -0.4 is 15.4 Å². The molecule has 1 heterocycles. The zero-order chi connectivity index (χ0) is 35.7. The fourth-order valence-corrected chi connectivity index (χ4v) is 7.77. The maximum Gasteiger partial charge on any atom is 0.312 e. The Morgan fingerprint density at radius 1 is 0.740 bits per heavy atom. The maximum atomic E-state index is 12.7. The minimum absolute atomic E-state index is 0.0244. The first kappa shape index (κ1) is 41.7. The number of amides is 2. The third-order valence-corrected chi connectivity index (χ3v) is 10.9. The van der Waals surface area contributed by atoms with Gasteiger partial charge in [-0.2, -0.15) is 0 Å². The Morgan fingerprint density at radius 2 is 1.36 bits per heavy atom. The summed E-state index contributed by atoms with van der Waals surface area (Å²) in [4.78, 5) is 40.7. The van der Waals surface area contributed by atoms with Crippen LogP contribution >= 0.6 is 11.3 Å². The first-order chi connectivity index (χ1) is 24.5. The van der Waals surface area contributed by atoms with Crippen molar-refractivity contribution in [3.63, 3.8) is 0 Å². The Morgan fingerprint density at radius 3 is 1.94 bits per heavy atom. The third-order valence-electron chi connectivity index (χ3n) is 9.92. The number of benzene rings is 1. The van der Waals surface area contributed by atoms with E-state index in [-0.39, 0.29) is 24.2 Å². The average Bonchev–Trinajstić information content (AvgIpc) is 3.64. The monoisotopic (exact) mass is 709 g/mol. The van der Waals surface area contributed by atoms with Crippen LogP contribution in [-0.4, -0.2) is 54.9 Å². The smallest absolute Gasteiger partial charge is 0.312 e. The zero-order valence-corrected chi connectivity index (χ0v) is 32.2. The first-order valence-corrected chi connectivity index (χ1v) is 21.0. The standard InChI is InChI=1S/C42H67N3O4S/c1-3-29-43-40(46)23-16-14-12-10-8-6-5-7-9-11-13-15-17-24-41(47)44-30-27-42(48)49-39-22-18-20-35-34-36(25-26-38(35)39)45(31-4-2)32-28-37-21-19-33-50-37/h18-22,33,36H,3-17,23-32,34H2,1-2H3,(H,43,46)(H,44,47). The van der Waals surface area contributed by atoms with Crippen LogP contribution in [0.3, 0.4) is 0 Å². The molecule has 1 unspecified atom stereocenters. The molecule has 0 spiro atoms. The number of hydrogen-bond donors (Lipinski definition) is 2. The van der Waals surface area contributed by atoms with Gasteiger partial charge in [-0.15, -0.1) is 11.3 Å². The summed E-state index contributed by atoms with van der Waals surface area (Å²) in [5.74, 6) is 0.633. The van der Waals surface area contributed by atoms with Gasteiger partial charge in [-0.3, -0.25) is 19.3 Å². The van der Waals surface area contributed by atoms with Gasteiger partial charge in [-0.05, 0) is 86.6 Å². The summed E-state index contributed by atoms with van der Waals surface area (Å²) < 4.78 is 5.82. The lowest BCUT2D eigenvalue weighted by molar-refractivity contribution is -0.134. The van der Waals surface area contributed by atoms with E-state index in [2.05, 4.69) is 53.0 Å². The third kappa shape index (κ3) is 17.5. The highest BCUT2D eigenvalue weighted by molar-refractivity contribution is 7.09. The molecule has 1 aromatic heterocycles. The number of hydrogen-bond acceptors (Lipinski definition) is 6. The molecule has 0 saturated heterocycles. The first-order valence-electron chi connectivity index (χ1n) is 20.1. The van der Waals surface area contributed by atoms with Gasteiger partial charge >= 0.3 is 5.97 Å². The molecule has 0 aliphatic heterocycles. The van der Waals surface area contributed by atoms with E-state index in [4.69, 9.17) is 4.74 Å². The van der Waals surface area contributed by atoms with Crippen molar-refractivity contribution in [1.82, 2.24) is 15.5 Å². The Balaban J connectivity index is 1.17. The number of rotatable bonds is 28. The predicted molar refractivity (Wildman–Crippen MR) is 208 cm³/mol. The second kappa shape index (κ2) is 26.1. The van der Waals surface area contributed by atoms with Gasteiger partial charge in [0, 0.05) is 43.4 Å². The van der Waals surface area contributed by atoms with Crippen LogP contribution in [0, 0.1) is 0 Å². The molecule has 7 nitrogen and oxygen atoms in total. The zero-order valence-electron chi connectivity index (χ0n) is 31.4. The molecule has 0 bridgehead atoms. The van der Waals surface area contributed by atoms with E-state index < -0.39 is 0 Å². The Hall–Kier alpha value is -2.71.